The van der Waals surface area contributed by atoms with Crippen molar-refractivity contribution in [2.24, 2.45) is 0 Å². The van der Waals surface area contributed by atoms with Gasteiger partial charge in [-0.3, -0.25) is 4.79 Å². The second kappa shape index (κ2) is 10.1. The molecule has 0 unspecified atom stereocenters. The van der Waals surface area contributed by atoms with E-state index in [1.54, 1.807) is 0 Å². The number of nitrogens with zero attached hydrogens (tertiary/aromatic N) is 2. The van der Waals surface area contributed by atoms with Crippen molar-refractivity contribution < 1.29 is 9.53 Å². The van der Waals surface area contributed by atoms with Gasteiger partial charge in [0.25, 0.3) is 5.91 Å². The van der Waals surface area contributed by atoms with E-state index in [0.717, 1.165) is 44.3 Å². The number of ether oxygens (including phenoxy) is 1. The summed E-state index contributed by atoms with van der Waals surface area (Å²) in [7, 11) is 0. The fourth-order valence-corrected chi connectivity index (χ4v) is 4.13. The van der Waals surface area contributed by atoms with Gasteiger partial charge in [0.05, 0.1) is 17.6 Å². The van der Waals surface area contributed by atoms with Crippen LogP contribution in [0, 0.1) is 20.8 Å². The minimum absolute atomic E-state index is 0.0624. The number of carbonyl (C=O) groups is 1. The van der Waals surface area contributed by atoms with Gasteiger partial charge in [-0.25, -0.2) is 4.98 Å². The Hall–Kier alpha value is -3.31. The molecule has 0 aliphatic carbocycles. The average molecular weight is 462 g/mol. The van der Waals surface area contributed by atoms with Crippen LogP contribution in [0.3, 0.4) is 0 Å². The lowest BCUT2D eigenvalue weighted by molar-refractivity contribution is 0.0953. The van der Waals surface area contributed by atoms with E-state index in [9.17, 15) is 4.79 Å². The van der Waals surface area contributed by atoms with Crippen molar-refractivity contribution in [3.8, 4) is 5.75 Å². The van der Waals surface area contributed by atoms with Crippen LogP contribution in [0.2, 0.25) is 5.02 Å². The molecule has 0 atom stereocenters. The number of fused-ring (bicyclic) bond motifs is 1. The van der Waals surface area contributed by atoms with Gasteiger partial charge in [0, 0.05) is 23.6 Å². The highest BCUT2D eigenvalue weighted by Gasteiger charge is 2.13. The van der Waals surface area contributed by atoms with Gasteiger partial charge in [-0.1, -0.05) is 41.9 Å². The molecule has 4 rings (SSSR count). The lowest BCUT2D eigenvalue weighted by atomic mass is 10.1. The van der Waals surface area contributed by atoms with Crippen molar-refractivity contribution in [3.05, 3.63) is 93.8 Å². The Morgan fingerprint density at radius 2 is 1.70 bits per heavy atom. The number of hydrogen-bond acceptors (Lipinski definition) is 3. The number of amides is 1. The third-order valence-corrected chi connectivity index (χ3v) is 6.35. The first-order valence-corrected chi connectivity index (χ1v) is 11.5. The van der Waals surface area contributed by atoms with Crippen molar-refractivity contribution in [2.75, 3.05) is 13.2 Å². The van der Waals surface area contributed by atoms with Gasteiger partial charge in [-0.05, 0) is 67.8 Å². The molecule has 0 spiro atoms. The number of imidazole rings is 1. The van der Waals surface area contributed by atoms with Gasteiger partial charge >= 0.3 is 0 Å². The minimum Gasteiger partial charge on any atom is -0.492 e. The molecule has 1 amide bonds. The van der Waals surface area contributed by atoms with E-state index in [4.69, 9.17) is 21.3 Å². The molecule has 0 saturated carbocycles. The number of nitrogens with one attached hydrogen (secondary N) is 1. The van der Waals surface area contributed by atoms with Gasteiger partial charge in [-0.15, -0.1) is 0 Å². The van der Waals surface area contributed by atoms with E-state index in [1.807, 2.05) is 75.4 Å². The first-order chi connectivity index (χ1) is 15.9. The van der Waals surface area contributed by atoms with Crippen LogP contribution in [0.4, 0.5) is 0 Å². The van der Waals surface area contributed by atoms with Crippen molar-refractivity contribution >= 4 is 28.5 Å². The second-order valence-corrected chi connectivity index (χ2v) is 8.59. The summed E-state index contributed by atoms with van der Waals surface area (Å²) >= 11 is 6.27. The molecule has 0 radical (unpaired) electrons. The van der Waals surface area contributed by atoms with E-state index in [-0.39, 0.29) is 5.91 Å². The van der Waals surface area contributed by atoms with Crippen LogP contribution in [-0.2, 0) is 13.0 Å². The van der Waals surface area contributed by atoms with E-state index >= 15 is 0 Å². The summed E-state index contributed by atoms with van der Waals surface area (Å²) < 4.78 is 8.21. The fourth-order valence-electron chi connectivity index (χ4n) is 4.02. The zero-order valence-electron chi connectivity index (χ0n) is 19.2. The largest absolute Gasteiger partial charge is 0.492 e. The van der Waals surface area contributed by atoms with Gasteiger partial charge in [0.15, 0.2) is 0 Å². The number of hydrogen-bond donors (Lipinski definition) is 1. The Bertz CT molecular complexity index is 1270. The fraction of sp³-hybridized carbons (Fsp3) is 0.259. The summed E-state index contributed by atoms with van der Waals surface area (Å²) in [5.41, 5.74) is 5.68. The molecule has 3 aromatic carbocycles. The summed E-state index contributed by atoms with van der Waals surface area (Å²) in [6, 6.07) is 19.6. The third-order valence-electron chi connectivity index (χ3n) is 5.75. The van der Waals surface area contributed by atoms with Crippen molar-refractivity contribution in [3.63, 3.8) is 0 Å². The van der Waals surface area contributed by atoms with Crippen LogP contribution in [0.25, 0.3) is 11.0 Å². The number of aromatic nitrogens is 2. The molecule has 33 heavy (non-hydrogen) atoms. The van der Waals surface area contributed by atoms with Gasteiger partial charge in [0.1, 0.15) is 18.2 Å². The number of benzene rings is 3. The Labute approximate surface area is 199 Å². The first-order valence-electron chi connectivity index (χ1n) is 11.1. The maximum atomic E-state index is 12.6. The molecular formula is C27H28ClN3O2. The molecule has 0 aliphatic heterocycles. The Kier molecular flexibility index (Phi) is 6.99. The molecule has 0 saturated heterocycles. The Morgan fingerprint density at radius 1 is 1.00 bits per heavy atom. The minimum atomic E-state index is -0.0624. The molecule has 1 heterocycles. The van der Waals surface area contributed by atoms with Crippen LogP contribution < -0.4 is 10.1 Å². The molecule has 1 aromatic heterocycles. The number of aryl methyl sites for hydroxylation is 3. The maximum Gasteiger partial charge on any atom is 0.251 e. The van der Waals surface area contributed by atoms with Crippen LogP contribution in [0.5, 0.6) is 5.75 Å². The average Bonchev–Trinajstić information content (AvgIpc) is 3.15. The lowest BCUT2D eigenvalue weighted by Crippen LogP contribution is -2.27. The number of carbonyl (C=O) groups excluding carboxylic acids is 1. The smallest absolute Gasteiger partial charge is 0.251 e. The molecule has 0 bridgehead atoms. The van der Waals surface area contributed by atoms with Gasteiger partial charge in [-0.2, -0.15) is 0 Å². The van der Waals surface area contributed by atoms with Crippen LogP contribution >= 0.6 is 11.6 Å². The van der Waals surface area contributed by atoms with E-state index in [1.165, 1.54) is 0 Å². The zero-order chi connectivity index (χ0) is 23.4. The molecule has 170 valence electrons. The van der Waals surface area contributed by atoms with Gasteiger partial charge in [0.2, 0.25) is 0 Å². The van der Waals surface area contributed by atoms with Crippen molar-refractivity contribution in [2.45, 2.75) is 33.7 Å². The molecule has 1 N–H and O–H groups in total. The first kappa shape index (κ1) is 22.9. The molecule has 5 nitrogen and oxygen atoms in total. The molecular weight excluding hydrogens is 434 g/mol. The summed E-state index contributed by atoms with van der Waals surface area (Å²) in [6.07, 6.45) is 0.630. The van der Waals surface area contributed by atoms with Gasteiger partial charge < -0.3 is 14.6 Å². The second-order valence-electron chi connectivity index (χ2n) is 8.21. The molecule has 0 aliphatic rings. The predicted molar refractivity (Wildman–Crippen MR) is 133 cm³/mol. The topological polar surface area (TPSA) is 56.2 Å². The number of para-hydroxylation sites is 2. The SMILES string of the molecule is Cc1ccccc1C(=O)NCCc1nc2ccccc2n1CCOc1cc(C)c(Cl)c(C)c1. The van der Waals surface area contributed by atoms with Crippen LogP contribution in [0.15, 0.2) is 60.7 Å². The summed E-state index contributed by atoms with van der Waals surface area (Å²) in [6.45, 7) is 7.57. The summed E-state index contributed by atoms with van der Waals surface area (Å²) in [5.74, 6) is 1.67. The van der Waals surface area contributed by atoms with Crippen LogP contribution in [0.1, 0.15) is 32.9 Å². The van der Waals surface area contributed by atoms with E-state index in [2.05, 4.69) is 16.0 Å². The lowest BCUT2D eigenvalue weighted by Gasteiger charge is -2.13. The third kappa shape index (κ3) is 5.20. The Morgan fingerprint density at radius 3 is 2.45 bits per heavy atom. The monoisotopic (exact) mass is 461 g/mol. The van der Waals surface area contributed by atoms with Crippen molar-refractivity contribution in [1.29, 1.82) is 0 Å². The van der Waals surface area contributed by atoms with E-state index < -0.39 is 0 Å². The quantitative estimate of drug-likeness (QED) is 0.368. The predicted octanol–water partition coefficient (Wildman–Crippen LogP) is 5.67. The maximum absolute atomic E-state index is 12.6. The summed E-state index contributed by atoms with van der Waals surface area (Å²) in [5, 5.41) is 3.80. The highest BCUT2D eigenvalue weighted by atomic mass is 35.5. The summed E-state index contributed by atoms with van der Waals surface area (Å²) in [4.78, 5) is 17.4. The molecule has 4 aromatic rings. The highest BCUT2D eigenvalue weighted by Crippen LogP contribution is 2.26. The molecule has 6 heteroatoms. The molecule has 0 fully saturated rings. The standard InChI is InChI=1S/C27H28ClN3O2/c1-18-8-4-5-9-22(18)27(32)29-13-12-25-30-23-10-6-7-11-24(23)31(25)14-15-33-21-16-19(2)26(28)20(3)17-21/h4-11,16-17H,12-15H2,1-3H3,(H,29,32). The normalized spacial score (nSPS) is 11.0. The van der Waals surface area contributed by atoms with Crippen LogP contribution in [-0.4, -0.2) is 28.6 Å². The van der Waals surface area contributed by atoms with E-state index in [0.29, 0.717) is 31.7 Å². The highest BCUT2D eigenvalue weighted by molar-refractivity contribution is 6.32. The number of rotatable bonds is 8. The number of halogens is 1. The Balaban J connectivity index is 1.44. The zero-order valence-corrected chi connectivity index (χ0v) is 19.9. The van der Waals surface area contributed by atoms with Crippen molar-refractivity contribution in [1.82, 2.24) is 14.9 Å².